The minimum atomic E-state index is -1.10. The molecular formula is C29H31ClO6. The van der Waals surface area contributed by atoms with Crippen molar-refractivity contribution in [3.05, 3.63) is 94.0 Å². The van der Waals surface area contributed by atoms with Gasteiger partial charge in [-0.3, -0.25) is 0 Å². The molecule has 5 rings (SSSR count). The highest BCUT2D eigenvalue weighted by atomic mass is 35.5. The molecule has 5 atom stereocenters. The molecule has 36 heavy (non-hydrogen) atoms. The maximum absolute atomic E-state index is 10.2. The van der Waals surface area contributed by atoms with Crippen LogP contribution in [0, 0.1) is 0 Å². The molecule has 190 valence electrons. The molecule has 0 saturated carbocycles. The third-order valence-electron chi connectivity index (χ3n) is 6.93. The molecule has 1 unspecified atom stereocenters. The summed E-state index contributed by atoms with van der Waals surface area (Å²) in [4.78, 5) is 0. The van der Waals surface area contributed by atoms with Gasteiger partial charge in [0.05, 0.1) is 25.4 Å². The summed E-state index contributed by atoms with van der Waals surface area (Å²) in [5, 5.41) is 30.3. The fraction of sp³-hybridized carbons (Fsp3) is 0.379. The van der Waals surface area contributed by atoms with E-state index in [9.17, 15) is 15.3 Å². The third kappa shape index (κ3) is 5.69. The smallest absolute Gasteiger partial charge is 0.123 e. The van der Waals surface area contributed by atoms with Crippen molar-refractivity contribution in [1.82, 2.24) is 0 Å². The van der Waals surface area contributed by atoms with E-state index in [0.29, 0.717) is 18.1 Å². The van der Waals surface area contributed by atoms with Gasteiger partial charge in [-0.15, -0.1) is 0 Å². The maximum Gasteiger partial charge on any atom is 0.123 e. The number of para-hydroxylation sites is 1. The van der Waals surface area contributed by atoms with Gasteiger partial charge in [0, 0.05) is 24.3 Å². The van der Waals surface area contributed by atoms with Crippen molar-refractivity contribution in [1.29, 1.82) is 0 Å². The first-order valence-electron chi connectivity index (χ1n) is 12.4. The lowest BCUT2D eigenvalue weighted by Crippen LogP contribution is -2.47. The highest BCUT2D eigenvalue weighted by Gasteiger charge is 2.37. The molecule has 1 saturated heterocycles. The van der Waals surface area contributed by atoms with E-state index in [1.807, 2.05) is 60.7 Å². The highest BCUT2D eigenvalue weighted by Crippen LogP contribution is 2.34. The topological polar surface area (TPSA) is 88.4 Å². The van der Waals surface area contributed by atoms with Gasteiger partial charge in [-0.1, -0.05) is 54.1 Å². The SMILES string of the molecule is OC[C@H]1O[C@@H](c2ccc(Cl)c(Cc3ccc(OCCC4Cc5ccccc5O4)cc3)c2)C[C@@H](O)[C@@H]1O. The number of fused-ring (bicyclic) bond motifs is 1. The van der Waals surface area contributed by atoms with Crippen molar-refractivity contribution < 1.29 is 29.5 Å². The first-order valence-corrected chi connectivity index (χ1v) is 12.7. The van der Waals surface area contributed by atoms with Crippen LogP contribution in [0.2, 0.25) is 5.02 Å². The molecular weight excluding hydrogens is 480 g/mol. The van der Waals surface area contributed by atoms with Gasteiger partial charge in [0.1, 0.15) is 29.8 Å². The van der Waals surface area contributed by atoms with Crippen LogP contribution in [0.25, 0.3) is 0 Å². The predicted octanol–water partition coefficient (Wildman–Crippen LogP) is 4.25. The number of hydrogen-bond donors (Lipinski definition) is 3. The fourth-order valence-electron chi connectivity index (χ4n) is 4.90. The minimum Gasteiger partial charge on any atom is -0.493 e. The Labute approximate surface area is 216 Å². The normalized spacial score (nSPS) is 25.3. The lowest BCUT2D eigenvalue weighted by Gasteiger charge is -2.36. The van der Waals surface area contributed by atoms with Crippen LogP contribution in [0.4, 0.5) is 0 Å². The van der Waals surface area contributed by atoms with E-state index in [4.69, 9.17) is 25.8 Å². The van der Waals surface area contributed by atoms with Gasteiger partial charge in [-0.25, -0.2) is 0 Å². The number of rotatable bonds is 8. The van der Waals surface area contributed by atoms with Crippen LogP contribution in [0.1, 0.15) is 41.2 Å². The van der Waals surface area contributed by atoms with E-state index < -0.39 is 24.4 Å². The largest absolute Gasteiger partial charge is 0.493 e. The van der Waals surface area contributed by atoms with Crippen LogP contribution < -0.4 is 9.47 Å². The Bertz CT molecular complexity index is 1140. The van der Waals surface area contributed by atoms with Crippen molar-refractivity contribution in [2.75, 3.05) is 13.2 Å². The van der Waals surface area contributed by atoms with Gasteiger partial charge in [0.15, 0.2) is 0 Å². The van der Waals surface area contributed by atoms with E-state index in [0.717, 1.165) is 41.0 Å². The first kappa shape index (κ1) is 25.1. The van der Waals surface area contributed by atoms with Crippen molar-refractivity contribution in [2.45, 2.75) is 56.2 Å². The summed E-state index contributed by atoms with van der Waals surface area (Å²) >= 11 is 6.48. The molecule has 0 bridgehead atoms. The number of aliphatic hydroxyl groups is 3. The number of aliphatic hydroxyl groups excluding tert-OH is 3. The van der Waals surface area contributed by atoms with Gasteiger partial charge in [-0.2, -0.15) is 0 Å². The Morgan fingerprint density at radius 2 is 1.81 bits per heavy atom. The standard InChI is InChI=1S/C29H31ClO6/c30-24-10-7-20(27-16-25(32)29(33)28(17-31)36-27)14-21(24)13-18-5-8-22(9-6-18)34-12-11-23-15-19-3-1-2-4-26(19)35-23/h1-10,14,23,25,27-29,31-33H,11-13,15-17H2/t23?,25-,27-,28-,29+/m1/s1. The molecule has 0 amide bonds. The number of benzene rings is 3. The molecule has 0 aromatic heterocycles. The Kier molecular flexibility index (Phi) is 7.79. The van der Waals surface area contributed by atoms with Gasteiger partial charge in [0.2, 0.25) is 0 Å². The van der Waals surface area contributed by atoms with Crippen LogP contribution >= 0.6 is 11.6 Å². The second-order valence-corrected chi connectivity index (χ2v) is 9.91. The van der Waals surface area contributed by atoms with Crippen LogP contribution in [0.5, 0.6) is 11.5 Å². The predicted molar refractivity (Wildman–Crippen MR) is 137 cm³/mol. The van der Waals surface area contributed by atoms with Crippen LogP contribution in [0.3, 0.4) is 0 Å². The zero-order chi connectivity index (χ0) is 25.1. The molecule has 2 aliphatic rings. The van der Waals surface area contributed by atoms with E-state index >= 15 is 0 Å². The highest BCUT2D eigenvalue weighted by molar-refractivity contribution is 6.31. The molecule has 3 N–H and O–H groups in total. The molecule has 2 heterocycles. The quantitative estimate of drug-likeness (QED) is 0.420. The minimum absolute atomic E-state index is 0.154. The monoisotopic (exact) mass is 510 g/mol. The van der Waals surface area contributed by atoms with E-state index in [1.165, 1.54) is 5.56 Å². The van der Waals surface area contributed by atoms with Crippen molar-refractivity contribution in [3.63, 3.8) is 0 Å². The van der Waals surface area contributed by atoms with Crippen LogP contribution in [-0.4, -0.2) is 52.9 Å². The zero-order valence-corrected chi connectivity index (χ0v) is 20.7. The molecule has 0 spiro atoms. The summed E-state index contributed by atoms with van der Waals surface area (Å²) < 4.78 is 17.8. The first-order chi connectivity index (χ1) is 17.5. The van der Waals surface area contributed by atoms with Crippen molar-refractivity contribution in [3.8, 4) is 11.5 Å². The van der Waals surface area contributed by atoms with Gasteiger partial charge in [0.25, 0.3) is 0 Å². The van der Waals surface area contributed by atoms with Gasteiger partial charge >= 0.3 is 0 Å². The van der Waals surface area contributed by atoms with E-state index in [2.05, 4.69) is 6.07 Å². The lowest BCUT2D eigenvalue weighted by atomic mass is 9.92. The summed E-state index contributed by atoms with van der Waals surface area (Å²) in [6.45, 7) is 0.230. The molecule has 0 radical (unpaired) electrons. The summed E-state index contributed by atoms with van der Waals surface area (Å²) in [5.41, 5.74) is 4.14. The summed E-state index contributed by atoms with van der Waals surface area (Å²) in [7, 11) is 0. The molecule has 6 nitrogen and oxygen atoms in total. The van der Waals surface area contributed by atoms with Crippen LogP contribution in [0.15, 0.2) is 66.7 Å². The van der Waals surface area contributed by atoms with Gasteiger partial charge in [-0.05, 0) is 52.9 Å². The van der Waals surface area contributed by atoms with Crippen molar-refractivity contribution >= 4 is 11.6 Å². The lowest BCUT2D eigenvalue weighted by molar-refractivity contribution is -0.181. The summed E-state index contributed by atoms with van der Waals surface area (Å²) in [6.07, 6.45) is -0.518. The number of hydrogen-bond acceptors (Lipinski definition) is 6. The fourth-order valence-corrected chi connectivity index (χ4v) is 5.08. The molecule has 7 heteroatoms. The summed E-state index contributed by atoms with van der Waals surface area (Å²) in [6, 6.07) is 21.8. The average Bonchev–Trinajstić information content (AvgIpc) is 3.31. The maximum atomic E-state index is 10.2. The second-order valence-electron chi connectivity index (χ2n) is 9.50. The Balaban J connectivity index is 1.16. The third-order valence-corrected chi connectivity index (χ3v) is 7.30. The van der Waals surface area contributed by atoms with E-state index in [-0.39, 0.29) is 19.1 Å². The molecule has 1 fully saturated rings. The molecule has 2 aliphatic heterocycles. The Morgan fingerprint density at radius 3 is 2.58 bits per heavy atom. The zero-order valence-electron chi connectivity index (χ0n) is 19.9. The number of halogens is 1. The molecule has 3 aromatic carbocycles. The average molecular weight is 511 g/mol. The number of ether oxygens (including phenoxy) is 3. The second kappa shape index (κ2) is 11.2. The molecule has 0 aliphatic carbocycles. The molecule has 3 aromatic rings. The van der Waals surface area contributed by atoms with E-state index in [1.54, 1.807) is 0 Å². The Morgan fingerprint density at radius 1 is 1.00 bits per heavy atom. The van der Waals surface area contributed by atoms with Crippen LogP contribution in [-0.2, 0) is 17.6 Å². The van der Waals surface area contributed by atoms with Crippen molar-refractivity contribution in [2.24, 2.45) is 0 Å². The van der Waals surface area contributed by atoms with Gasteiger partial charge < -0.3 is 29.5 Å². The summed E-state index contributed by atoms with van der Waals surface area (Å²) in [5.74, 6) is 1.79. The Hall–Kier alpha value is -2.61.